The van der Waals surface area contributed by atoms with Gasteiger partial charge >= 0.3 is 0 Å². The Bertz CT molecular complexity index is 887. The molecule has 10 heteroatoms. The van der Waals surface area contributed by atoms with E-state index in [9.17, 15) is 19.8 Å². The van der Waals surface area contributed by atoms with Crippen LogP contribution in [0.3, 0.4) is 0 Å². The predicted molar refractivity (Wildman–Crippen MR) is 95.0 cm³/mol. The molecule has 0 aromatic carbocycles. The number of rotatable bonds is 4. The van der Waals surface area contributed by atoms with Crippen LogP contribution in [0.25, 0.3) is 11.2 Å². The minimum Gasteiger partial charge on any atom is -0.394 e. The highest BCUT2D eigenvalue weighted by atomic mass is 16.5. The number of carbonyl (C=O) groups excluding carboxylic acids is 1. The molecule has 1 aliphatic heterocycles. The number of imidazole rings is 1. The van der Waals surface area contributed by atoms with Gasteiger partial charge in [0.15, 0.2) is 11.2 Å². The predicted octanol–water partition coefficient (Wildman–Crippen LogP) is 0.279. The van der Waals surface area contributed by atoms with Gasteiger partial charge in [-0.1, -0.05) is 19.3 Å². The molecule has 10 nitrogen and oxygen atoms in total. The monoisotopic (exact) mass is 377 g/mol. The number of aliphatic hydroxyl groups excluding tert-OH is 2. The van der Waals surface area contributed by atoms with Gasteiger partial charge in [-0.15, -0.1) is 0 Å². The number of nitrogens with zero attached hydrogens (tertiary/aromatic N) is 3. The molecule has 1 aliphatic carbocycles. The number of carbonyl (C=O) groups is 1. The van der Waals surface area contributed by atoms with Crippen LogP contribution in [0.2, 0.25) is 0 Å². The normalized spacial score (nSPS) is 26.5. The molecule has 0 spiro atoms. The minimum atomic E-state index is -0.815. The Morgan fingerprint density at radius 1 is 1.37 bits per heavy atom. The summed E-state index contributed by atoms with van der Waals surface area (Å²) in [6, 6.07) is 0. The quantitative estimate of drug-likeness (QED) is 0.599. The van der Waals surface area contributed by atoms with Crippen LogP contribution in [0.5, 0.6) is 0 Å². The van der Waals surface area contributed by atoms with E-state index in [1.807, 2.05) is 0 Å². The lowest BCUT2D eigenvalue weighted by Crippen LogP contribution is -2.27. The number of hydrogen-bond acceptors (Lipinski definition) is 7. The van der Waals surface area contributed by atoms with Gasteiger partial charge < -0.3 is 14.9 Å². The van der Waals surface area contributed by atoms with Gasteiger partial charge in [0.25, 0.3) is 5.56 Å². The van der Waals surface area contributed by atoms with Gasteiger partial charge in [0.05, 0.1) is 19.0 Å². The van der Waals surface area contributed by atoms with E-state index < -0.39 is 24.0 Å². The summed E-state index contributed by atoms with van der Waals surface area (Å²) in [5, 5.41) is 21.9. The molecule has 146 valence electrons. The second-order valence-corrected chi connectivity index (χ2v) is 7.18. The van der Waals surface area contributed by atoms with E-state index in [0.717, 1.165) is 32.1 Å². The second-order valence-electron chi connectivity index (χ2n) is 7.18. The standard InChI is InChI=1S/C17H23N5O5/c23-7-11-10(24)6-12(27-11)22-8-18-13-14(22)19-17(21-16(13)26)20-15(25)9-4-2-1-3-5-9/h8-12,23-24H,1-7H2,(H2,19,20,21,25,26)/t10-,11+,12+/m0/s1. The zero-order valence-electron chi connectivity index (χ0n) is 14.8. The molecular formula is C17H23N5O5. The van der Waals surface area contributed by atoms with E-state index in [4.69, 9.17) is 4.74 Å². The van der Waals surface area contributed by atoms with Crippen LogP contribution in [0, 0.1) is 5.92 Å². The summed E-state index contributed by atoms with van der Waals surface area (Å²) in [4.78, 5) is 35.7. The maximum absolute atomic E-state index is 12.4. The number of H-pyrrole nitrogens is 1. The van der Waals surface area contributed by atoms with Crippen molar-refractivity contribution in [3.05, 3.63) is 16.7 Å². The molecule has 3 atom stereocenters. The second kappa shape index (κ2) is 7.37. The molecule has 2 aliphatic rings. The maximum atomic E-state index is 12.4. The Kier molecular flexibility index (Phi) is 4.94. The lowest BCUT2D eigenvalue weighted by molar-refractivity contribution is -0.120. The van der Waals surface area contributed by atoms with E-state index in [1.54, 1.807) is 4.57 Å². The van der Waals surface area contributed by atoms with Gasteiger partial charge in [0.2, 0.25) is 11.9 Å². The number of aromatic amines is 1. The summed E-state index contributed by atoms with van der Waals surface area (Å²) in [6.45, 7) is -0.305. The average molecular weight is 377 g/mol. The van der Waals surface area contributed by atoms with Gasteiger partial charge in [-0.3, -0.25) is 24.5 Å². The summed E-state index contributed by atoms with van der Waals surface area (Å²) in [7, 11) is 0. The number of amides is 1. The number of aromatic nitrogens is 4. The van der Waals surface area contributed by atoms with Crippen LogP contribution in [0.1, 0.15) is 44.8 Å². The van der Waals surface area contributed by atoms with Crippen LogP contribution in [0.15, 0.2) is 11.1 Å². The lowest BCUT2D eigenvalue weighted by atomic mass is 9.89. The Hall–Kier alpha value is -2.30. The van der Waals surface area contributed by atoms with Gasteiger partial charge in [-0.2, -0.15) is 4.98 Å². The van der Waals surface area contributed by atoms with Crippen LogP contribution in [0.4, 0.5) is 5.95 Å². The molecule has 2 fully saturated rings. The molecule has 2 aromatic rings. The Morgan fingerprint density at radius 2 is 2.15 bits per heavy atom. The highest BCUT2D eigenvalue weighted by Crippen LogP contribution is 2.30. The minimum absolute atomic E-state index is 0.0664. The van der Waals surface area contributed by atoms with Crippen LogP contribution in [-0.4, -0.2) is 54.5 Å². The van der Waals surface area contributed by atoms with Gasteiger partial charge in [-0.25, -0.2) is 4.98 Å². The largest absolute Gasteiger partial charge is 0.394 e. The summed E-state index contributed by atoms with van der Waals surface area (Å²) < 4.78 is 7.16. The summed E-state index contributed by atoms with van der Waals surface area (Å²) in [5.74, 6) is -0.137. The molecule has 4 N–H and O–H groups in total. The fourth-order valence-corrected chi connectivity index (χ4v) is 3.83. The van der Waals surface area contributed by atoms with Crippen LogP contribution >= 0.6 is 0 Å². The molecule has 2 aromatic heterocycles. The first-order valence-corrected chi connectivity index (χ1v) is 9.29. The van der Waals surface area contributed by atoms with Crippen molar-refractivity contribution in [3.63, 3.8) is 0 Å². The number of anilines is 1. The molecule has 3 heterocycles. The van der Waals surface area contributed by atoms with Gasteiger partial charge in [-0.05, 0) is 12.8 Å². The van der Waals surface area contributed by atoms with Crippen molar-refractivity contribution in [1.82, 2.24) is 19.5 Å². The Balaban J connectivity index is 1.60. The van der Waals surface area contributed by atoms with E-state index in [-0.39, 0.29) is 42.0 Å². The third-order valence-corrected chi connectivity index (χ3v) is 5.34. The van der Waals surface area contributed by atoms with Crippen LogP contribution < -0.4 is 10.9 Å². The molecule has 0 unspecified atom stereocenters. The molecule has 1 amide bonds. The first kappa shape index (κ1) is 18.1. The molecule has 0 radical (unpaired) electrons. The van der Waals surface area contributed by atoms with Crippen molar-refractivity contribution >= 4 is 23.0 Å². The van der Waals surface area contributed by atoms with Gasteiger partial charge in [0.1, 0.15) is 12.3 Å². The molecule has 1 saturated carbocycles. The molecule has 1 saturated heterocycles. The Morgan fingerprint density at radius 3 is 2.85 bits per heavy atom. The van der Waals surface area contributed by atoms with E-state index in [1.165, 1.54) is 6.33 Å². The summed E-state index contributed by atoms with van der Waals surface area (Å²) >= 11 is 0. The van der Waals surface area contributed by atoms with E-state index in [0.29, 0.717) is 0 Å². The average Bonchev–Trinajstić information content (AvgIpc) is 3.25. The van der Waals surface area contributed by atoms with Crippen molar-refractivity contribution in [2.45, 2.75) is 57.0 Å². The molecule has 27 heavy (non-hydrogen) atoms. The number of aliphatic hydroxyl groups is 2. The third-order valence-electron chi connectivity index (χ3n) is 5.34. The van der Waals surface area contributed by atoms with Gasteiger partial charge in [0, 0.05) is 12.3 Å². The SMILES string of the molecule is O=C(Nc1nc2c(ncn2[C@H]2C[C@H](O)[C@@H](CO)O2)c(=O)[nH]1)C1CCCCC1. The maximum Gasteiger partial charge on any atom is 0.280 e. The molecule has 0 bridgehead atoms. The Labute approximate surface area is 154 Å². The highest BCUT2D eigenvalue weighted by Gasteiger charge is 2.35. The highest BCUT2D eigenvalue weighted by molar-refractivity contribution is 5.91. The fourth-order valence-electron chi connectivity index (χ4n) is 3.83. The summed E-state index contributed by atoms with van der Waals surface area (Å²) in [6.07, 6.45) is 4.43. The van der Waals surface area contributed by atoms with Crippen molar-refractivity contribution in [2.75, 3.05) is 11.9 Å². The van der Waals surface area contributed by atoms with Crippen LogP contribution in [-0.2, 0) is 9.53 Å². The fraction of sp³-hybridized carbons (Fsp3) is 0.647. The topological polar surface area (TPSA) is 142 Å². The van der Waals surface area contributed by atoms with E-state index >= 15 is 0 Å². The first-order valence-electron chi connectivity index (χ1n) is 9.29. The molecular weight excluding hydrogens is 354 g/mol. The zero-order chi connectivity index (χ0) is 19.0. The molecule has 4 rings (SSSR count). The first-order chi connectivity index (χ1) is 13.1. The summed E-state index contributed by atoms with van der Waals surface area (Å²) in [5.41, 5.74) is -0.0837. The number of hydrogen-bond donors (Lipinski definition) is 4. The number of fused-ring (bicyclic) bond motifs is 1. The van der Waals surface area contributed by atoms with Crippen molar-refractivity contribution in [1.29, 1.82) is 0 Å². The zero-order valence-corrected chi connectivity index (χ0v) is 14.8. The van der Waals surface area contributed by atoms with Crippen molar-refractivity contribution in [2.24, 2.45) is 5.92 Å². The number of nitrogens with one attached hydrogen (secondary N) is 2. The third kappa shape index (κ3) is 3.47. The van der Waals surface area contributed by atoms with Crippen molar-refractivity contribution < 1.29 is 19.7 Å². The van der Waals surface area contributed by atoms with E-state index in [2.05, 4.69) is 20.3 Å². The van der Waals surface area contributed by atoms with Crippen molar-refractivity contribution in [3.8, 4) is 0 Å². The lowest BCUT2D eigenvalue weighted by Gasteiger charge is -2.20. The number of ether oxygens (including phenoxy) is 1. The smallest absolute Gasteiger partial charge is 0.280 e.